The van der Waals surface area contributed by atoms with Crippen LogP contribution in [0.1, 0.15) is 37.7 Å². The molecule has 0 nitrogen and oxygen atoms in total. The van der Waals surface area contributed by atoms with Crippen molar-refractivity contribution in [2.75, 3.05) is 0 Å². The lowest BCUT2D eigenvalue weighted by Crippen LogP contribution is -2.20. The fourth-order valence-corrected chi connectivity index (χ4v) is 7.27. The molecule has 1 heterocycles. The van der Waals surface area contributed by atoms with Gasteiger partial charge in [0.1, 0.15) is 11.6 Å². The van der Waals surface area contributed by atoms with Gasteiger partial charge < -0.3 is 0 Å². The Hall–Kier alpha value is -1.48. The summed E-state index contributed by atoms with van der Waals surface area (Å²) in [6.45, 7) is 2.28. The average Bonchev–Trinajstić information content (AvgIpc) is 2.57. The van der Waals surface area contributed by atoms with Crippen LogP contribution in [0.4, 0.5) is 8.78 Å². The van der Waals surface area contributed by atoms with Gasteiger partial charge in [-0.15, -0.1) is 0 Å². The van der Waals surface area contributed by atoms with E-state index >= 15 is 0 Å². The lowest BCUT2D eigenvalue weighted by Gasteiger charge is -2.28. The van der Waals surface area contributed by atoms with E-state index in [0.717, 1.165) is 11.1 Å². The van der Waals surface area contributed by atoms with E-state index < -0.39 is 8.80 Å². The van der Waals surface area contributed by atoms with Gasteiger partial charge in [-0.3, -0.25) is 0 Å². The molecule has 2 aromatic carbocycles. The molecule has 0 aliphatic carbocycles. The lowest BCUT2D eigenvalue weighted by molar-refractivity contribution is 0.589. The first kappa shape index (κ1) is 16.4. The van der Waals surface area contributed by atoms with Crippen LogP contribution in [0, 0.1) is 11.6 Å². The van der Waals surface area contributed by atoms with Crippen molar-refractivity contribution in [2.24, 2.45) is 0 Å². The minimum absolute atomic E-state index is 0.193. The van der Waals surface area contributed by atoms with Gasteiger partial charge in [-0.05, 0) is 48.1 Å². The molecule has 0 N–H and O–H groups in total. The molecule has 1 saturated heterocycles. The van der Waals surface area contributed by atoms with Crippen LogP contribution < -0.4 is 0 Å². The average molecular weight is 330 g/mol. The van der Waals surface area contributed by atoms with Crippen molar-refractivity contribution in [3.8, 4) is 11.1 Å². The van der Waals surface area contributed by atoms with Gasteiger partial charge in [0.15, 0.2) is 0 Å². The Morgan fingerprint density at radius 3 is 2.30 bits per heavy atom. The van der Waals surface area contributed by atoms with Gasteiger partial charge in [-0.25, -0.2) is 8.78 Å². The Morgan fingerprint density at radius 2 is 1.70 bits per heavy atom. The van der Waals surface area contributed by atoms with Crippen molar-refractivity contribution in [3.63, 3.8) is 0 Å². The number of hydrogen-bond donors (Lipinski definition) is 0. The summed E-state index contributed by atoms with van der Waals surface area (Å²) in [6, 6.07) is 15.9. The molecule has 122 valence electrons. The summed E-state index contributed by atoms with van der Waals surface area (Å²) in [6.07, 6.45) is 3.78. The van der Waals surface area contributed by atoms with Crippen molar-refractivity contribution >= 4 is 8.80 Å². The Labute approximate surface area is 139 Å². The zero-order valence-corrected chi connectivity index (χ0v) is 14.8. The van der Waals surface area contributed by atoms with E-state index in [4.69, 9.17) is 0 Å². The van der Waals surface area contributed by atoms with Crippen LogP contribution in [0.25, 0.3) is 11.1 Å². The summed E-state index contributed by atoms with van der Waals surface area (Å²) < 4.78 is 27.5. The van der Waals surface area contributed by atoms with Gasteiger partial charge in [0, 0.05) is 14.4 Å². The quantitative estimate of drug-likeness (QED) is 0.590. The second-order valence-corrected chi connectivity index (χ2v) is 10.2. The normalized spacial score (nSPS) is 21.3. The monoisotopic (exact) mass is 330 g/mol. The molecule has 3 rings (SSSR count). The van der Waals surface area contributed by atoms with Gasteiger partial charge in [-0.1, -0.05) is 55.7 Å². The summed E-state index contributed by atoms with van der Waals surface area (Å²) in [5, 5.41) is 0. The van der Waals surface area contributed by atoms with Crippen LogP contribution in [-0.2, 0) is 0 Å². The molecule has 0 amide bonds. The van der Waals surface area contributed by atoms with Crippen molar-refractivity contribution in [1.29, 1.82) is 0 Å². The third kappa shape index (κ3) is 3.89. The number of hydrogen-bond acceptors (Lipinski definition) is 0. The van der Waals surface area contributed by atoms with Gasteiger partial charge >= 0.3 is 0 Å². The number of halogens is 2. The van der Waals surface area contributed by atoms with Crippen LogP contribution in [0.15, 0.2) is 42.5 Å². The van der Waals surface area contributed by atoms with Crippen molar-refractivity contribution in [3.05, 3.63) is 59.7 Å². The Morgan fingerprint density at radius 1 is 1.00 bits per heavy atom. The van der Waals surface area contributed by atoms with Gasteiger partial charge in [0.05, 0.1) is 0 Å². The molecule has 0 spiro atoms. The molecule has 2 aromatic rings. The fraction of sp³-hybridized carbons (Fsp3) is 0.400. The van der Waals surface area contributed by atoms with E-state index in [9.17, 15) is 8.78 Å². The largest absolute Gasteiger partial charge is 0.207 e. The second-order valence-electron chi connectivity index (χ2n) is 6.75. The van der Waals surface area contributed by atoms with E-state index in [1.165, 1.54) is 49.5 Å². The first-order valence-electron chi connectivity index (χ1n) is 8.72. The Bertz CT molecular complexity index is 643. The SMILES string of the molecule is CCC[Si@H]1CC[C@H](c2ccc(-c3ccc(F)cc3)c(F)c2)CC1. The van der Waals surface area contributed by atoms with Crippen molar-refractivity contribution in [1.82, 2.24) is 0 Å². The highest BCUT2D eigenvalue weighted by Gasteiger charge is 2.23. The van der Waals surface area contributed by atoms with Crippen LogP contribution in [-0.4, -0.2) is 8.80 Å². The van der Waals surface area contributed by atoms with Gasteiger partial charge in [0.25, 0.3) is 0 Å². The maximum atomic E-state index is 14.5. The molecule has 0 atom stereocenters. The highest BCUT2D eigenvalue weighted by atomic mass is 28.3. The maximum Gasteiger partial charge on any atom is 0.131 e. The molecule has 1 fully saturated rings. The third-order valence-electron chi connectivity index (χ3n) is 5.16. The van der Waals surface area contributed by atoms with E-state index in [2.05, 4.69) is 13.0 Å². The van der Waals surface area contributed by atoms with Gasteiger partial charge in [-0.2, -0.15) is 0 Å². The molecule has 0 radical (unpaired) electrons. The lowest BCUT2D eigenvalue weighted by atomic mass is 9.91. The van der Waals surface area contributed by atoms with E-state index in [1.807, 2.05) is 6.07 Å². The zero-order valence-electron chi connectivity index (χ0n) is 13.7. The standard InChI is InChI=1S/C20H24F2Si/c1-2-11-23-12-9-15(10-13-23)17-5-8-19(20(22)14-17)16-3-6-18(21)7-4-16/h3-8,14-15,23H,2,9-13H2,1H3/t15-,23-. The predicted octanol–water partition coefficient (Wildman–Crippen LogP) is 6.15. The molecule has 0 saturated carbocycles. The van der Waals surface area contributed by atoms with E-state index in [-0.39, 0.29) is 11.6 Å². The Kier molecular flexibility index (Phi) is 5.26. The second kappa shape index (κ2) is 7.39. The Balaban J connectivity index is 1.74. The minimum atomic E-state index is -0.494. The van der Waals surface area contributed by atoms with Crippen LogP contribution in [0.5, 0.6) is 0 Å². The van der Waals surface area contributed by atoms with Crippen molar-refractivity contribution in [2.45, 2.75) is 50.2 Å². The molecular weight excluding hydrogens is 306 g/mol. The highest BCUT2D eigenvalue weighted by Crippen LogP contribution is 2.36. The zero-order chi connectivity index (χ0) is 16.2. The first-order valence-corrected chi connectivity index (χ1v) is 11.2. The van der Waals surface area contributed by atoms with E-state index in [0.29, 0.717) is 11.5 Å². The summed E-state index contributed by atoms with van der Waals surface area (Å²) in [5.74, 6) is 0.0354. The van der Waals surface area contributed by atoms with Crippen molar-refractivity contribution < 1.29 is 8.78 Å². The van der Waals surface area contributed by atoms with Crippen LogP contribution in [0.3, 0.4) is 0 Å². The number of rotatable bonds is 4. The molecular formula is C20H24F2Si. The fourth-order valence-electron chi connectivity index (χ4n) is 3.84. The molecule has 3 heteroatoms. The summed E-state index contributed by atoms with van der Waals surface area (Å²) in [7, 11) is -0.494. The predicted molar refractivity (Wildman–Crippen MR) is 95.6 cm³/mol. The van der Waals surface area contributed by atoms with Crippen LogP contribution in [0.2, 0.25) is 18.1 Å². The molecule has 1 aliphatic rings. The topological polar surface area (TPSA) is 0 Å². The van der Waals surface area contributed by atoms with Gasteiger partial charge in [0.2, 0.25) is 0 Å². The molecule has 1 aliphatic heterocycles. The summed E-state index contributed by atoms with van der Waals surface area (Å²) >= 11 is 0. The molecule has 23 heavy (non-hydrogen) atoms. The van der Waals surface area contributed by atoms with Crippen LogP contribution >= 0.6 is 0 Å². The molecule has 0 bridgehead atoms. The summed E-state index contributed by atoms with van der Waals surface area (Å²) in [5.41, 5.74) is 2.43. The number of benzene rings is 2. The highest BCUT2D eigenvalue weighted by molar-refractivity contribution is 6.59. The smallest absolute Gasteiger partial charge is 0.131 e. The third-order valence-corrected chi connectivity index (χ3v) is 8.86. The van der Waals surface area contributed by atoms with E-state index in [1.54, 1.807) is 18.2 Å². The molecule has 0 unspecified atom stereocenters. The minimum Gasteiger partial charge on any atom is -0.207 e. The maximum absolute atomic E-state index is 14.5. The first-order chi connectivity index (χ1) is 11.2. The summed E-state index contributed by atoms with van der Waals surface area (Å²) in [4.78, 5) is 0. The molecule has 0 aromatic heterocycles.